The summed E-state index contributed by atoms with van der Waals surface area (Å²) in [4.78, 5) is 0. The number of rotatable bonds is 2. The van der Waals surface area contributed by atoms with E-state index in [2.05, 4.69) is 69.6 Å². The van der Waals surface area contributed by atoms with Gasteiger partial charge in [0.15, 0.2) is 0 Å². The van der Waals surface area contributed by atoms with Gasteiger partial charge in [0.05, 0.1) is 11.4 Å². The minimum absolute atomic E-state index is 0.0870. The molecule has 0 radical (unpaired) electrons. The second kappa shape index (κ2) is 4.60. The van der Waals surface area contributed by atoms with Crippen molar-refractivity contribution in [2.75, 3.05) is 0 Å². The first-order valence-corrected chi connectivity index (χ1v) is 6.55. The molecule has 1 aromatic carbocycles. The molecule has 0 saturated carbocycles. The summed E-state index contributed by atoms with van der Waals surface area (Å²) in [7, 11) is 0. The molecule has 2 nitrogen and oxygen atoms in total. The van der Waals surface area contributed by atoms with Crippen LogP contribution in [0.2, 0.25) is 0 Å². The molecule has 1 aromatic heterocycles. The highest BCUT2D eigenvalue weighted by atomic mass is 15.3. The van der Waals surface area contributed by atoms with E-state index < -0.39 is 0 Å². The van der Waals surface area contributed by atoms with Crippen LogP contribution >= 0.6 is 0 Å². The van der Waals surface area contributed by atoms with Crippen LogP contribution in [0.15, 0.2) is 36.4 Å². The van der Waals surface area contributed by atoms with Crippen LogP contribution < -0.4 is 0 Å². The van der Waals surface area contributed by atoms with E-state index in [0.29, 0.717) is 5.92 Å². The molecule has 0 saturated heterocycles. The van der Waals surface area contributed by atoms with Crippen molar-refractivity contribution < 1.29 is 0 Å². The normalized spacial score (nSPS) is 12.1. The molecule has 2 aromatic rings. The van der Waals surface area contributed by atoms with Gasteiger partial charge in [-0.15, -0.1) is 0 Å². The summed E-state index contributed by atoms with van der Waals surface area (Å²) in [6.07, 6.45) is 0. The fourth-order valence-electron chi connectivity index (χ4n) is 1.95. The first kappa shape index (κ1) is 12.9. The van der Waals surface area contributed by atoms with Gasteiger partial charge in [0.1, 0.15) is 0 Å². The summed E-state index contributed by atoms with van der Waals surface area (Å²) in [5.41, 5.74) is 3.64. The van der Waals surface area contributed by atoms with Gasteiger partial charge in [-0.25, -0.2) is 4.68 Å². The third-order valence-corrected chi connectivity index (χ3v) is 3.10. The molecule has 0 aliphatic carbocycles. The van der Waals surface area contributed by atoms with Crippen LogP contribution in [-0.2, 0) is 5.41 Å². The fraction of sp³-hybridized carbons (Fsp3) is 0.438. The maximum Gasteiger partial charge on any atom is 0.0685 e. The molecule has 0 atom stereocenters. The predicted octanol–water partition coefficient (Wildman–Crippen LogP) is 4.29. The first-order chi connectivity index (χ1) is 8.39. The lowest BCUT2D eigenvalue weighted by molar-refractivity contribution is 0.559. The number of aromatic nitrogens is 2. The first-order valence-electron chi connectivity index (χ1n) is 6.55. The summed E-state index contributed by atoms with van der Waals surface area (Å²) in [5.74, 6) is 0.466. The molecule has 0 amide bonds. The molecular weight excluding hydrogens is 220 g/mol. The van der Waals surface area contributed by atoms with E-state index in [9.17, 15) is 0 Å². The van der Waals surface area contributed by atoms with Crippen LogP contribution in [0.3, 0.4) is 0 Å². The highest BCUT2D eigenvalue weighted by molar-refractivity contribution is 5.35. The summed E-state index contributed by atoms with van der Waals surface area (Å²) >= 11 is 0. The quantitative estimate of drug-likeness (QED) is 0.768. The van der Waals surface area contributed by atoms with Crippen LogP contribution in [0.1, 0.15) is 51.9 Å². The predicted molar refractivity (Wildman–Crippen MR) is 76.4 cm³/mol. The van der Waals surface area contributed by atoms with Gasteiger partial charge < -0.3 is 0 Å². The molecule has 0 bridgehead atoms. The van der Waals surface area contributed by atoms with Gasteiger partial charge in [0, 0.05) is 11.1 Å². The smallest absolute Gasteiger partial charge is 0.0685 e. The van der Waals surface area contributed by atoms with Crippen LogP contribution in [0, 0.1) is 0 Å². The molecule has 1 heterocycles. The topological polar surface area (TPSA) is 17.8 Å². The van der Waals surface area contributed by atoms with Crippen molar-refractivity contribution >= 4 is 0 Å². The Morgan fingerprint density at radius 2 is 1.67 bits per heavy atom. The van der Waals surface area contributed by atoms with Crippen molar-refractivity contribution in [3.05, 3.63) is 47.8 Å². The molecule has 2 heteroatoms. The number of para-hydroxylation sites is 1. The minimum atomic E-state index is 0.0870. The lowest BCUT2D eigenvalue weighted by Crippen LogP contribution is -2.12. The summed E-state index contributed by atoms with van der Waals surface area (Å²) < 4.78 is 2.07. The maximum atomic E-state index is 4.79. The summed E-state index contributed by atoms with van der Waals surface area (Å²) in [5, 5.41) is 4.79. The van der Waals surface area contributed by atoms with Crippen LogP contribution in [-0.4, -0.2) is 9.78 Å². The van der Waals surface area contributed by atoms with E-state index in [-0.39, 0.29) is 5.41 Å². The molecule has 18 heavy (non-hydrogen) atoms. The van der Waals surface area contributed by atoms with Crippen molar-refractivity contribution in [3.8, 4) is 5.69 Å². The van der Waals surface area contributed by atoms with Crippen molar-refractivity contribution in [2.24, 2.45) is 0 Å². The molecule has 0 fully saturated rings. The highest BCUT2D eigenvalue weighted by Crippen LogP contribution is 2.27. The van der Waals surface area contributed by atoms with Crippen molar-refractivity contribution in [1.29, 1.82) is 0 Å². The Morgan fingerprint density at radius 3 is 2.17 bits per heavy atom. The third kappa shape index (κ3) is 2.47. The van der Waals surface area contributed by atoms with Gasteiger partial charge >= 0.3 is 0 Å². The third-order valence-electron chi connectivity index (χ3n) is 3.10. The van der Waals surface area contributed by atoms with Gasteiger partial charge in [-0.3, -0.25) is 0 Å². The van der Waals surface area contributed by atoms with Gasteiger partial charge in [-0.2, -0.15) is 5.10 Å². The second-order valence-corrected chi connectivity index (χ2v) is 6.11. The van der Waals surface area contributed by atoms with E-state index in [4.69, 9.17) is 5.10 Å². The Balaban J connectivity index is 2.56. The van der Waals surface area contributed by atoms with E-state index in [1.807, 2.05) is 6.07 Å². The minimum Gasteiger partial charge on any atom is -0.237 e. The van der Waals surface area contributed by atoms with E-state index >= 15 is 0 Å². The molecule has 96 valence electrons. The van der Waals surface area contributed by atoms with Crippen LogP contribution in [0.25, 0.3) is 5.69 Å². The van der Waals surface area contributed by atoms with Gasteiger partial charge in [0.25, 0.3) is 0 Å². The molecule has 0 N–H and O–H groups in total. The van der Waals surface area contributed by atoms with Crippen molar-refractivity contribution in [2.45, 2.75) is 46.0 Å². The Hall–Kier alpha value is -1.57. The van der Waals surface area contributed by atoms with E-state index in [0.717, 1.165) is 11.4 Å². The molecule has 2 rings (SSSR count). The van der Waals surface area contributed by atoms with E-state index in [1.165, 1.54) is 5.69 Å². The Morgan fingerprint density at radius 1 is 1.06 bits per heavy atom. The average Bonchev–Trinajstić information content (AvgIpc) is 2.74. The van der Waals surface area contributed by atoms with Crippen LogP contribution in [0.5, 0.6) is 0 Å². The Labute approximate surface area is 110 Å². The highest BCUT2D eigenvalue weighted by Gasteiger charge is 2.21. The van der Waals surface area contributed by atoms with Crippen molar-refractivity contribution in [3.63, 3.8) is 0 Å². The zero-order valence-electron chi connectivity index (χ0n) is 11.9. The van der Waals surface area contributed by atoms with Gasteiger partial charge in [-0.05, 0) is 24.1 Å². The lowest BCUT2D eigenvalue weighted by atomic mass is 9.91. The largest absolute Gasteiger partial charge is 0.237 e. The summed E-state index contributed by atoms with van der Waals surface area (Å²) in [6.45, 7) is 11.0. The van der Waals surface area contributed by atoms with Gasteiger partial charge in [-0.1, -0.05) is 52.8 Å². The number of nitrogens with zero attached hydrogens (tertiary/aromatic N) is 2. The van der Waals surface area contributed by atoms with Gasteiger partial charge in [0.2, 0.25) is 0 Å². The SMILES string of the molecule is CC(C)c1cc(C(C)(C)C)nn1-c1ccccc1. The molecule has 0 spiro atoms. The average molecular weight is 242 g/mol. The second-order valence-electron chi connectivity index (χ2n) is 6.11. The standard InChI is InChI=1S/C16H22N2/c1-12(2)14-11-15(16(3,4)5)17-18(14)13-9-7-6-8-10-13/h6-12H,1-5H3. The van der Waals surface area contributed by atoms with Crippen LogP contribution in [0.4, 0.5) is 0 Å². The Bertz CT molecular complexity index is 516. The van der Waals surface area contributed by atoms with Crippen molar-refractivity contribution in [1.82, 2.24) is 9.78 Å². The molecule has 0 unspecified atom stereocenters. The fourth-order valence-corrected chi connectivity index (χ4v) is 1.95. The monoisotopic (exact) mass is 242 g/mol. The number of benzene rings is 1. The zero-order valence-corrected chi connectivity index (χ0v) is 11.9. The molecule has 0 aliphatic rings. The molecular formula is C16H22N2. The number of hydrogen-bond acceptors (Lipinski definition) is 1. The zero-order chi connectivity index (χ0) is 13.3. The summed E-state index contributed by atoms with van der Waals surface area (Å²) in [6, 6.07) is 12.6. The Kier molecular flexibility index (Phi) is 3.29. The van der Waals surface area contributed by atoms with E-state index in [1.54, 1.807) is 0 Å². The molecule has 0 aliphatic heterocycles. The lowest BCUT2D eigenvalue weighted by Gasteiger charge is -2.14. The maximum absolute atomic E-state index is 4.79. The number of hydrogen-bond donors (Lipinski definition) is 0.